The number of Topliss-reactive ketones (excluding diaryl/α,β-unsaturated/α-hetero) is 1. The van der Waals surface area contributed by atoms with Crippen LogP contribution in [-0.4, -0.2) is 69.5 Å². The molecule has 3 aromatic rings. The Hall–Kier alpha value is -3.86. The second kappa shape index (κ2) is 11.8. The summed E-state index contributed by atoms with van der Waals surface area (Å²) in [6.07, 6.45) is 2.95. The van der Waals surface area contributed by atoms with Crippen molar-refractivity contribution in [1.82, 2.24) is 19.7 Å². The van der Waals surface area contributed by atoms with Crippen LogP contribution < -0.4 is 5.32 Å². The number of piperidine rings is 1. The predicted molar refractivity (Wildman–Crippen MR) is 150 cm³/mol. The van der Waals surface area contributed by atoms with Crippen LogP contribution in [0.1, 0.15) is 58.9 Å². The summed E-state index contributed by atoms with van der Waals surface area (Å²) in [5, 5.41) is 3.01. The smallest absolute Gasteiger partial charge is 0.265 e. The summed E-state index contributed by atoms with van der Waals surface area (Å²) in [5.41, 5.74) is 1.21. The number of hydrogen-bond acceptors (Lipinski definition) is 4. The summed E-state index contributed by atoms with van der Waals surface area (Å²) in [6.45, 7) is 0.464. The highest BCUT2D eigenvalue weighted by molar-refractivity contribution is 6.30. The van der Waals surface area contributed by atoms with Crippen molar-refractivity contribution in [2.24, 2.45) is 0 Å². The molecule has 0 spiro atoms. The van der Waals surface area contributed by atoms with Gasteiger partial charge in [-0.15, -0.1) is 0 Å². The van der Waals surface area contributed by atoms with Gasteiger partial charge in [-0.3, -0.25) is 19.2 Å². The maximum absolute atomic E-state index is 14.2. The van der Waals surface area contributed by atoms with E-state index in [-0.39, 0.29) is 78.5 Å². The fraction of sp³-hybridized carbons (Fsp3) is 0.400. The second-order valence-corrected chi connectivity index (χ2v) is 11.3. The Morgan fingerprint density at radius 2 is 1.90 bits per heavy atom. The van der Waals surface area contributed by atoms with Crippen LogP contribution in [0.2, 0.25) is 5.02 Å². The van der Waals surface area contributed by atoms with E-state index < -0.39 is 30.1 Å². The number of hydrogen-bond donors (Lipinski definition) is 1. The minimum Gasteiger partial charge on any atom is -0.350 e. The topological polar surface area (TPSA) is 91.7 Å². The number of alkyl halides is 2. The van der Waals surface area contributed by atoms with Gasteiger partial charge in [0.05, 0.1) is 18.1 Å². The minimum absolute atomic E-state index is 0.0510. The van der Waals surface area contributed by atoms with E-state index in [1.807, 2.05) is 0 Å². The number of carbonyl (C=O) groups excluding carboxylic acids is 4. The number of nitrogens with one attached hydrogen (secondary N) is 1. The molecule has 2 fully saturated rings. The molecule has 1 N–H and O–H groups in total. The summed E-state index contributed by atoms with van der Waals surface area (Å²) in [5.74, 6) is -5.19. The summed E-state index contributed by atoms with van der Waals surface area (Å²) >= 11 is 5.80. The number of aromatic nitrogens is 1. The monoisotopic (exact) mass is 602 g/mol. The number of benzene rings is 2. The Morgan fingerprint density at radius 1 is 1.14 bits per heavy atom. The van der Waals surface area contributed by atoms with Crippen molar-refractivity contribution in [2.75, 3.05) is 19.6 Å². The van der Waals surface area contributed by atoms with Crippen LogP contribution >= 0.6 is 11.6 Å². The normalized spacial score (nSPS) is 16.4. The van der Waals surface area contributed by atoms with E-state index in [0.29, 0.717) is 10.9 Å². The SMILES string of the molecule is CC(=O)c1cn(CC(=O)N(CC(=O)NCc2cccc(Cl)c2F)C2CC2)c2ccc(C(=O)N3CCCC(F)(F)C3)cc12. The fourth-order valence-electron chi connectivity index (χ4n) is 5.30. The van der Waals surface area contributed by atoms with Crippen LogP contribution in [0, 0.1) is 5.82 Å². The molecule has 3 amide bonds. The largest absolute Gasteiger partial charge is 0.350 e. The van der Waals surface area contributed by atoms with Gasteiger partial charge in [-0.1, -0.05) is 23.7 Å². The fourth-order valence-corrected chi connectivity index (χ4v) is 5.49. The third-order valence-corrected chi connectivity index (χ3v) is 7.91. The molecule has 0 bridgehead atoms. The highest BCUT2D eigenvalue weighted by atomic mass is 35.5. The Bertz CT molecular complexity index is 1570. The Labute approximate surface area is 245 Å². The van der Waals surface area contributed by atoms with Crippen molar-refractivity contribution in [2.45, 2.75) is 57.7 Å². The standard InChI is InChI=1S/C30H30ClF3N4O4/c1-18(39)23-14-37(25-9-6-19(12-22(23)25)29(42)36-11-3-10-30(33,34)17-36)16-27(41)38(21-7-8-21)15-26(40)35-13-20-4-2-5-24(31)28(20)32/h2,4-6,9,12,14,21H,3,7-8,10-11,13,15-17H2,1H3,(H,35,40). The van der Waals surface area contributed by atoms with Crippen LogP contribution in [0.4, 0.5) is 13.2 Å². The van der Waals surface area contributed by atoms with Crippen molar-refractivity contribution in [3.05, 3.63) is 70.1 Å². The molecule has 222 valence electrons. The third-order valence-electron chi connectivity index (χ3n) is 7.62. The first-order valence-electron chi connectivity index (χ1n) is 13.7. The van der Waals surface area contributed by atoms with Crippen molar-refractivity contribution in [1.29, 1.82) is 0 Å². The molecular formula is C30H30ClF3N4O4. The van der Waals surface area contributed by atoms with Gasteiger partial charge in [-0.2, -0.15) is 0 Å². The van der Waals surface area contributed by atoms with E-state index in [2.05, 4.69) is 5.32 Å². The van der Waals surface area contributed by atoms with Crippen molar-refractivity contribution < 1.29 is 32.3 Å². The molecule has 1 aliphatic heterocycles. The summed E-state index contributed by atoms with van der Waals surface area (Å²) in [4.78, 5) is 54.2. The van der Waals surface area contributed by atoms with Crippen LogP contribution in [0.25, 0.3) is 10.9 Å². The average molecular weight is 603 g/mol. The molecule has 0 atom stereocenters. The van der Waals surface area contributed by atoms with E-state index in [1.165, 1.54) is 42.3 Å². The molecule has 8 nitrogen and oxygen atoms in total. The lowest BCUT2D eigenvalue weighted by Crippen LogP contribution is -2.45. The predicted octanol–water partition coefficient (Wildman–Crippen LogP) is 4.82. The van der Waals surface area contributed by atoms with Crippen molar-refractivity contribution >= 4 is 46.0 Å². The van der Waals surface area contributed by atoms with Gasteiger partial charge in [0.2, 0.25) is 11.8 Å². The molecule has 2 aliphatic rings. The lowest BCUT2D eigenvalue weighted by atomic mass is 10.0. The maximum atomic E-state index is 14.2. The third kappa shape index (κ3) is 6.46. The number of nitrogens with zero attached hydrogens (tertiary/aromatic N) is 3. The van der Waals surface area contributed by atoms with Gasteiger partial charge in [0.25, 0.3) is 11.8 Å². The maximum Gasteiger partial charge on any atom is 0.265 e. The molecular weight excluding hydrogens is 573 g/mol. The zero-order valence-electron chi connectivity index (χ0n) is 23.0. The first kappa shape index (κ1) is 29.6. The van der Waals surface area contributed by atoms with Crippen LogP contribution in [0.3, 0.4) is 0 Å². The number of ketones is 1. The molecule has 5 rings (SSSR count). The zero-order chi connectivity index (χ0) is 30.2. The molecule has 0 unspecified atom stereocenters. The van der Waals surface area contributed by atoms with Crippen molar-refractivity contribution in [3.8, 4) is 0 Å². The molecule has 42 heavy (non-hydrogen) atoms. The highest BCUT2D eigenvalue weighted by Crippen LogP contribution is 2.30. The molecule has 1 saturated carbocycles. The van der Waals surface area contributed by atoms with E-state index in [4.69, 9.17) is 11.6 Å². The van der Waals surface area contributed by atoms with Gasteiger partial charge in [-0.05, 0) is 50.5 Å². The number of fused-ring (bicyclic) bond motifs is 1. The molecule has 12 heteroatoms. The number of rotatable bonds is 9. The first-order chi connectivity index (χ1) is 19.9. The zero-order valence-corrected chi connectivity index (χ0v) is 23.7. The van der Waals surface area contributed by atoms with Crippen LogP contribution in [0.5, 0.6) is 0 Å². The van der Waals surface area contributed by atoms with Gasteiger partial charge >= 0.3 is 0 Å². The highest BCUT2D eigenvalue weighted by Gasteiger charge is 2.38. The van der Waals surface area contributed by atoms with E-state index in [9.17, 15) is 32.3 Å². The van der Waals surface area contributed by atoms with Gasteiger partial charge in [0, 0.05) is 59.3 Å². The molecule has 1 aliphatic carbocycles. The molecule has 1 aromatic heterocycles. The number of halogens is 4. The van der Waals surface area contributed by atoms with Gasteiger partial charge in [0.15, 0.2) is 5.78 Å². The van der Waals surface area contributed by atoms with E-state index in [1.54, 1.807) is 16.7 Å². The number of carbonyl (C=O) groups is 4. The summed E-state index contributed by atoms with van der Waals surface area (Å²) in [6, 6.07) is 8.99. The Balaban J connectivity index is 1.31. The van der Waals surface area contributed by atoms with Gasteiger partial charge in [-0.25, -0.2) is 13.2 Å². The average Bonchev–Trinajstić information content (AvgIpc) is 3.72. The summed E-state index contributed by atoms with van der Waals surface area (Å²) < 4.78 is 43.6. The Kier molecular flexibility index (Phi) is 8.32. The second-order valence-electron chi connectivity index (χ2n) is 10.9. The molecule has 2 heterocycles. The van der Waals surface area contributed by atoms with Gasteiger partial charge in [0.1, 0.15) is 12.4 Å². The first-order valence-corrected chi connectivity index (χ1v) is 14.1. The number of amides is 3. The molecule has 2 aromatic carbocycles. The lowest BCUT2D eigenvalue weighted by Gasteiger charge is -2.32. The minimum atomic E-state index is -2.94. The summed E-state index contributed by atoms with van der Waals surface area (Å²) in [7, 11) is 0. The van der Waals surface area contributed by atoms with Crippen LogP contribution in [-0.2, 0) is 22.7 Å². The van der Waals surface area contributed by atoms with E-state index >= 15 is 0 Å². The lowest BCUT2D eigenvalue weighted by molar-refractivity contribution is -0.137. The molecule has 1 saturated heterocycles. The van der Waals surface area contributed by atoms with Crippen molar-refractivity contribution in [3.63, 3.8) is 0 Å². The number of likely N-dealkylation sites (tertiary alicyclic amines) is 1. The molecule has 0 radical (unpaired) electrons. The van der Waals surface area contributed by atoms with E-state index in [0.717, 1.165) is 17.7 Å². The quantitative estimate of drug-likeness (QED) is 0.356. The Morgan fingerprint density at radius 3 is 2.60 bits per heavy atom. The van der Waals surface area contributed by atoms with Gasteiger partial charge < -0.3 is 19.7 Å². The van der Waals surface area contributed by atoms with Crippen LogP contribution in [0.15, 0.2) is 42.6 Å².